The third-order valence-electron chi connectivity index (χ3n) is 3.51. The molecular formula is C14H18ClN3. The Bertz CT molecular complexity index is 467. The summed E-state index contributed by atoms with van der Waals surface area (Å²) in [5.41, 5.74) is 1.61. The highest BCUT2D eigenvalue weighted by Crippen LogP contribution is 2.27. The van der Waals surface area contributed by atoms with E-state index in [-0.39, 0.29) is 0 Å². The predicted molar refractivity (Wildman–Crippen MR) is 75.0 cm³/mol. The van der Waals surface area contributed by atoms with Crippen molar-refractivity contribution in [2.45, 2.75) is 6.42 Å². The lowest BCUT2D eigenvalue weighted by molar-refractivity contribution is 0.396. The van der Waals surface area contributed by atoms with Gasteiger partial charge in [0.05, 0.1) is 22.3 Å². The number of halogens is 1. The Morgan fingerprint density at radius 3 is 2.89 bits per heavy atom. The van der Waals surface area contributed by atoms with Gasteiger partial charge >= 0.3 is 0 Å². The predicted octanol–water partition coefficient (Wildman–Crippen LogP) is 2.60. The van der Waals surface area contributed by atoms with Crippen LogP contribution in [0.1, 0.15) is 12.0 Å². The molecule has 0 amide bonds. The molecule has 96 valence electrons. The summed E-state index contributed by atoms with van der Waals surface area (Å²) >= 11 is 6.21. The first kappa shape index (κ1) is 13.2. The smallest absolute Gasteiger partial charge is 0.0992 e. The molecule has 1 atom stereocenters. The zero-order valence-corrected chi connectivity index (χ0v) is 11.6. The average Bonchev–Trinajstić information content (AvgIpc) is 2.74. The summed E-state index contributed by atoms with van der Waals surface area (Å²) in [6.45, 7) is 3.34. The second-order valence-electron chi connectivity index (χ2n) is 5.08. The minimum absolute atomic E-state index is 0.609. The molecule has 0 spiro atoms. The molecule has 0 aromatic heterocycles. The van der Waals surface area contributed by atoms with E-state index >= 15 is 0 Å². The molecule has 3 nitrogen and oxygen atoms in total. The van der Waals surface area contributed by atoms with Crippen LogP contribution in [0, 0.1) is 17.2 Å². The molecule has 4 heteroatoms. The molecule has 0 N–H and O–H groups in total. The molecule has 1 heterocycles. The Kier molecular flexibility index (Phi) is 4.11. The van der Waals surface area contributed by atoms with Crippen molar-refractivity contribution in [2.24, 2.45) is 5.92 Å². The van der Waals surface area contributed by atoms with E-state index < -0.39 is 0 Å². The number of anilines is 1. The molecule has 0 bridgehead atoms. The van der Waals surface area contributed by atoms with Crippen LogP contribution in [0.15, 0.2) is 18.2 Å². The zero-order chi connectivity index (χ0) is 13.1. The largest absolute Gasteiger partial charge is 0.373 e. The van der Waals surface area contributed by atoms with Crippen LogP contribution in [0.2, 0.25) is 5.02 Å². The van der Waals surface area contributed by atoms with Crippen molar-refractivity contribution in [2.75, 3.05) is 38.6 Å². The van der Waals surface area contributed by atoms with Crippen molar-refractivity contribution in [1.29, 1.82) is 5.26 Å². The normalized spacial score (nSPS) is 19.8. The van der Waals surface area contributed by atoms with E-state index in [9.17, 15) is 0 Å². The molecule has 1 aromatic carbocycles. The van der Waals surface area contributed by atoms with Crippen LogP contribution in [-0.4, -0.2) is 38.6 Å². The highest BCUT2D eigenvalue weighted by molar-refractivity contribution is 6.33. The summed E-state index contributed by atoms with van der Waals surface area (Å²) in [6.07, 6.45) is 1.24. The van der Waals surface area contributed by atoms with Gasteiger partial charge in [-0.15, -0.1) is 0 Å². The fraction of sp³-hybridized carbons (Fsp3) is 0.500. The minimum Gasteiger partial charge on any atom is -0.373 e. The average molecular weight is 264 g/mol. The Morgan fingerprint density at radius 1 is 1.56 bits per heavy atom. The maximum atomic E-state index is 8.82. The van der Waals surface area contributed by atoms with Gasteiger partial charge in [0.2, 0.25) is 0 Å². The molecule has 18 heavy (non-hydrogen) atoms. The number of hydrogen-bond acceptors (Lipinski definition) is 3. The first-order chi connectivity index (χ1) is 8.60. The molecule has 1 aliphatic heterocycles. The Hall–Kier alpha value is -1.24. The molecule has 1 aliphatic rings. The number of hydrogen-bond donors (Lipinski definition) is 0. The number of rotatable bonds is 3. The molecule has 1 unspecified atom stereocenters. The van der Waals surface area contributed by atoms with Crippen molar-refractivity contribution >= 4 is 17.3 Å². The summed E-state index contributed by atoms with van der Waals surface area (Å²) in [5, 5.41) is 9.48. The molecule has 0 saturated carbocycles. The summed E-state index contributed by atoms with van der Waals surface area (Å²) in [6, 6.07) is 7.58. The maximum Gasteiger partial charge on any atom is 0.0992 e. The number of likely N-dealkylation sites (tertiary alicyclic amines) is 1. The van der Waals surface area contributed by atoms with E-state index in [2.05, 4.69) is 30.0 Å². The maximum absolute atomic E-state index is 8.82. The molecular weight excluding hydrogens is 246 g/mol. The van der Waals surface area contributed by atoms with E-state index in [1.807, 2.05) is 12.1 Å². The van der Waals surface area contributed by atoms with Crippen LogP contribution in [0.4, 0.5) is 5.69 Å². The van der Waals surface area contributed by atoms with Gasteiger partial charge in [0, 0.05) is 20.1 Å². The van der Waals surface area contributed by atoms with Crippen LogP contribution in [0.5, 0.6) is 0 Å². The van der Waals surface area contributed by atoms with Crippen molar-refractivity contribution in [1.82, 2.24) is 4.90 Å². The molecule has 0 radical (unpaired) electrons. The summed E-state index contributed by atoms with van der Waals surface area (Å²) in [5.74, 6) is 0.701. The first-order valence-corrected chi connectivity index (χ1v) is 6.57. The summed E-state index contributed by atoms with van der Waals surface area (Å²) < 4.78 is 0. The summed E-state index contributed by atoms with van der Waals surface area (Å²) in [4.78, 5) is 4.55. The molecule has 2 rings (SSSR count). The standard InChI is InChI=1S/C14H18ClN3/c1-17-6-5-12(9-17)10-18(2)14-4-3-11(8-16)7-13(14)15/h3-4,7,12H,5-6,9-10H2,1-2H3. The van der Waals surface area contributed by atoms with Gasteiger partial charge in [-0.1, -0.05) is 11.6 Å². The SMILES string of the molecule is CN1CCC(CN(C)c2ccc(C#N)cc2Cl)C1. The third kappa shape index (κ3) is 2.95. The lowest BCUT2D eigenvalue weighted by Gasteiger charge is -2.24. The van der Waals surface area contributed by atoms with Gasteiger partial charge in [-0.05, 0) is 44.1 Å². The minimum atomic E-state index is 0.609. The molecule has 1 fully saturated rings. The highest BCUT2D eigenvalue weighted by atomic mass is 35.5. The van der Waals surface area contributed by atoms with Gasteiger partial charge < -0.3 is 9.80 Å². The number of nitriles is 1. The van der Waals surface area contributed by atoms with Gasteiger partial charge in [-0.25, -0.2) is 0 Å². The monoisotopic (exact) mass is 263 g/mol. The second-order valence-corrected chi connectivity index (χ2v) is 5.48. The van der Waals surface area contributed by atoms with E-state index in [1.54, 1.807) is 6.07 Å². The van der Waals surface area contributed by atoms with Crippen LogP contribution in [-0.2, 0) is 0 Å². The van der Waals surface area contributed by atoms with Crippen LogP contribution < -0.4 is 4.90 Å². The number of nitrogens with zero attached hydrogens (tertiary/aromatic N) is 3. The van der Waals surface area contributed by atoms with Crippen molar-refractivity contribution in [3.63, 3.8) is 0 Å². The molecule has 1 aromatic rings. The second kappa shape index (κ2) is 5.60. The van der Waals surface area contributed by atoms with Crippen LogP contribution in [0.3, 0.4) is 0 Å². The lowest BCUT2D eigenvalue weighted by atomic mass is 10.1. The fourth-order valence-electron chi connectivity index (χ4n) is 2.55. The quantitative estimate of drug-likeness (QED) is 0.840. The lowest BCUT2D eigenvalue weighted by Crippen LogP contribution is -2.27. The zero-order valence-electron chi connectivity index (χ0n) is 10.9. The van der Waals surface area contributed by atoms with E-state index in [4.69, 9.17) is 16.9 Å². The number of benzene rings is 1. The Morgan fingerprint density at radius 2 is 2.33 bits per heavy atom. The van der Waals surface area contributed by atoms with E-state index in [1.165, 1.54) is 13.0 Å². The molecule has 1 saturated heterocycles. The van der Waals surface area contributed by atoms with E-state index in [0.717, 1.165) is 18.8 Å². The van der Waals surface area contributed by atoms with Crippen LogP contribution >= 0.6 is 11.6 Å². The van der Waals surface area contributed by atoms with Crippen LogP contribution in [0.25, 0.3) is 0 Å². The summed E-state index contributed by atoms with van der Waals surface area (Å²) in [7, 11) is 4.22. The van der Waals surface area contributed by atoms with Crippen molar-refractivity contribution in [3.05, 3.63) is 28.8 Å². The third-order valence-corrected chi connectivity index (χ3v) is 3.81. The highest BCUT2D eigenvalue weighted by Gasteiger charge is 2.21. The van der Waals surface area contributed by atoms with Gasteiger partial charge in [0.25, 0.3) is 0 Å². The van der Waals surface area contributed by atoms with Gasteiger partial charge in [0.1, 0.15) is 0 Å². The van der Waals surface area contributed by atoms with Crippen molar-refractivity contribution < 1.29 is 0 Å². The van der Waals surface area contributed by atoms with Gasteiger partial charge in [0.15, 0.2) is 0 Å². The van der Waals surface area contributed by atoms with Gasteiger partial charge in [-0.2, -0.15) is 5.26 Å². The van der Waals surface area contributed by atoms with Crippen molar-refractivity contribution in [3.8, 4) is 6.07 Å². The topological polar surface area (TPSA) is 30.3 Å². The Balaban J connectivity index is 2.05. The first-order valence-electron chi connectivity index (χ1n) is 6.19. The molecule has 0 aliphatic carbocycles. The Labute approximate surface area is 114 Å². The van der Waals surface area contributed by atoms with Gasteiger partial charge in [-0.3, -0.25) is 0 Å². The van der Waals surface area contributed by atoms with E-state index in [0.29, 0.717) is 16.5 Å². The fourth-order valence-corrected chi connectivity index (χ4v) is 2.87.